The van der Waals surface area contributed by atoms with Gasteiger partial charge in [-0.15, -0.1) is 0 Å². The van der Waals surface area contributed by atoms with Gasteiger partial charge < -0.3 is 14.6 Å². The third-order valence-electron chi connectivity index (χ3n) is 5.70. The third kappa shape index (κ3) is 4.09. The summed E-state index contributed by atoms with van der Waals surface area (Å²) in [5.41, 5.74) is 3.82. The molecule has 5 heteroatoms. The maximum absolute atomic E-state index is 13.0. The van der Waals surface area contributed by atoms with Crippen LogP contribution in [-0.4, -0.2) is 45.2 Å². The monoisotopic (exact) mass is 377 g/mol. The number of amides is 1. The van der Waals surface area contributed by atoms with Gasteiger partial charge in [-0.1, -0.05) is 30.3 Å². The fraction of sp³-hybridized carbons (Fsp3) is 0.391. The van der Waals surface area contributed by atoms with Crippen LogP contribution in [0.5, 0.6) is 0 Å². The maximum atomic E-state index is 13.0. The number of carbonyl (C=O) groups is 1. The molecular weight excluding hydrogens is 350 g/mol. The van der Waals surface area contributed by atoms with Crippen LogP contribution in [0.15, 0.2) is 54.9 Å². The van der Waals surface area contributed by atoms with Crippen LogP contribution in [0.2, 0.25) is 0 Å². The van der Waals surface area contributed by atoms with Gasteiger partial charge in [0.05, 0.1) is 24.0 Å². The van der Waals surface area contributed by atoms with Crippen molar-refractivity contribution >= 4 is 16.9 Å². The van der Waals surface area contributed by atoms with E-state index in [1.807, 2.05) is 33.7 Å². The molecule has 0 aliphatic carbocycles. The lowest BCUT2D eigenvalue weighted by atomic mass is 9.91. The number of fused-ring (bicyclic) bond motifs is 1. The number of imidazole rings is 1. The fourth-order valence-corrected chi connectivity index (χ4v) is 4.17. The molecule has 2 aromatic carbocycles. The summed E-state index contributed by atoms with van der Waals surface area (Å²) >= 11 is 0. The molecular formula is C23H27N3O2. The third-order valence-corrected chi connectivity index (χ3v) is 5.70. The molecule has 0 saturated carbocycles. The van der Waals surface area contributed by atoms with Gasteiger partial charge in [0.15, 0.2) is 0 Å². The van der Waals surface area contributed by atoms with Gasteiger partial charge in [-0.2, -0.15) is 0 Å². The second-order valence-electron chi connectivity index (χ2n) is 7.65. The number of aliphatic hydroxyl groups is 1. The van der Waals surface area contributed by atoms with Gasteiger partial charge in [0.2, 0.25) is 0 Å². The van der Waals surface area contributed by atoms with E-state index in [0.717, 1.165) is 43.4 Å². The summed E-state index contributed by atoms with van der Waals surface area (Å²) in [4.78, 5) is 19.4. The fourth-order valence-electron chi connectivity index (χ4n) is 4.17. The van der Waals surface area contributed by atoms with Crippen LogP contribution in [0.1, 0.15) is 35.2 Å². The highest BCUT2D eigenvalue weighted by Gasteiger charge is 2.24. The highest BCUT2D eigenvalue weighted by molar-refractivity contribution is 5.97. The maximum Gasteiger partial charge on any atom is 0.253 e. The molecule has 1 aromatic heterocycles. The van der Waals surface area contributed by atoms with Crippen LogP contribution in [0.4, 0.5) is 0 Å². The number of piperidine rings is 1. The topological polar surface area (TPSA) is 58.4 Å². The van der Waals surface area contributed by atoms with Crippen molar-refractivity contribution in [1.29, 1.82) is 0 Å². The Morgan fingerprint density at radius 3 is 2.86 bits per heavy atom. The van der Waals surface area contributed by atoms with Gasteiger partial charge in [0.25, 0.3) is 5.91 Å². The van der Waals surface area contributed by atoms with E-state index in [4.69, 9.17) is 5.11 Å². The molecule has 2 heterocycles. The Morgan fingerprint density at radius 1 is 1.18 bits per heavy atom. The number of aliphatic hydroxyl groups excluding tert-OH is 1. The van der Waals surface area contributed by atoms with Gasteiger partial charge in [-0.05, 0) is 55.4 Å². The zero-order valence-corrected chi connectivity index (χ0v) is 16.1. The Labute approximate surface area is 165 Å². The predicted octanol–water partition coefficient (Wildman–Crippen LogP) is 3.51. The number of likely N-dealkylation sites (tertiary alicyclic amines) is 1. The predicted molar refractivity (Wildman–Crippen MR) is 110 cm³/mol. The normalized spacial score (nSPS) is 17.2. The largest absolute Gasteiger partial charge is 0.395 e. The van der Waals surface area contributed by atoms with Crippen LogP contribution in [0.25, 0.3) is 11.0 Å². The molecule has 5 nitrogen and oxygen atoms in total. The first kappa shape index (κ1) is 18.7. The van der Waals surface area contributed by atoms with E-state index in [0.29, 0.717) is 18.0 Å². The van der Waals surface area contributed by atoms with Crippen molar-refractivity contribution in [1.82, 2.24) is 14.5 Å². The minimum atomic E-state index is 0.0737. The summed E-state index contributed by atoms with van der Waals surface area (Å²) in [6.07, 6.45) is 6.18. The van der Waals surface area contributed by atoms with Crippen LogP contribution in [0.3, 0.4) is 0 Å². The summed E-state index contributed by atoms with van der Waals surface area (Å²) in [6.45, 7) is 2.25. The summed E-state index contributed by atoms with van der Waals surface area (Å²) in [6, 6.07) is 16.3. The number of aryl methyl sites for hydroxylation is 1. The molecule has 1 unspecified atom stereocenters. The molecule has 1 aliphatic rings. The first-order valence-electron chi connectivity index (χ1n) is 10.1. The average molecular weight is 377 g/mol. The zero-order valence-electron chi connectivity index (χ0n) is 16.1. The van der Waals surface area contributed by atoms with E-state index >= 15 is 0 Å². The molecule has 1 aliphatic heterocycles. The number of benzene rings is 2. The number of aromatic nitrogens is 2. The molecule has 1 amide bonds. The molecule has 0 radical (unpaired) electrons. The molecule has 1 saturated heterocycles. The van der Waals surface area contributed by atoms with Crippen molar-refractivity contribution in [3.05, 3.63) is 66.0 Å². The van der Waals surface area contributed by atoms with E-state index in [1.165, 1.54) is 12.0 Å². The Kier molecular flexibility index (Phi) is 5.72. The van der Waals surface area contributed by atoms with Crippen molar-refractivity contribution in [2.45, 2.75) is 32.2 Å². The second kappa shape index (κ2) is 8.57. The Bertz CT molecular complexity index is 935. The van der Waals surface area contributed by atoms with E-state index in [9.17, 15) is 4.79 Å². The Balaban J connectivity index is 1.41. The van der Waals surface area contributed by atoms with E-state index < -0.39 is 0 Å². The molecule has 0 bridgehead atoms. The number of nitrogens with zero attached hydrogens (tertiary/aromatic N) is 3. The standard InChI is InChI=1S/C23H27N3O2/c27-14-13-26-17-24-21-15-20(10-11-22(21)26)23(28)25-12-4-7-19(16-25)9-8-18-5-2-1-3-6-18/h1-3,5-6,10-11,15,17,19,27H,4,7-9,12-14,16H2. The van der Waals surface area contributed by atoms with Crippen LogP contribution >= 0.6 is 0 Å². The van der Waals surface area contributed by atoms with Crippen molar-refractivity contribution < 1.29 is 9.90 Å². The molecule has 146 valence electrons. The van der Waals surface area contributed by atoms with Crippen molar-refractivity contribution in [3.8, 4) is 0 Å². The lowest BCUT2D eigenvalue weighted by molar-refractivity contribution is 0.0668. The summed E-state index contributed by atoms with van der Waals surface area (Å²) in [7, 11) is 0. The molecule has 1 fully saturated rings. The summed E-state index contributed by atoms with van der Waals surface area (Å²) in [5, 5.41) is 9.14. The minimum Gasteiger partial charge on any atom is -0.395 e. The van der Waals surface area contributed by atoms with Gasteiger partial charge in [-0.3, -0.25) is 4.79 Å². The Hall–Kier alpha value is -2.66. The molecule has 0 spiro atoms. The quantitative estimate of drug-likeness (QED) is 0.715. The first-order valence-corrected chi connectivity index (χ1v) is 10.1. The lowest BCUT2D eigenvalue weighted by Crippen LogP contribution is -2.40. The summed E-state index contributed by atoms with van der Waals surface area (Å²) in [5.74, 6) is 0.661. The molecule has 1 atom stereocenters. The van der Waals surface area contributed by atoms with Gasteiger partial charge in [0, 0.05) is 25.2 Å². The number of hydrogen-bond donors (Lipinski definition) is 1. The van der Waals surface area contributed by atoms with Crippen LogP contribution < -0.4 is 0 Å². The summed E-state index contributed by atoms with van der Waals surface area (Å²) < 4.78 is 1.91. The number of hydrogen-bond acceptors (Lipinski definition) is 3. The minimum absolute atomic E-state index is 0.0737. The van der Waals surface area contributed by atoms with Crippen LogP contribution in [-0.2, 0) is 13.0 Å². The highest BCUT2D eigenvalue weighted by Crippen LogP contribution is 2.24. The molecule has 4 rings (SSSR count). The van der Waals surface area contributed by atoms with Crippen molar-refractivity contribution in [3.63, 3.8) is 0 Å². The molecule has 1 N–H and O–H groups in total. The highest BCUT2D eigenvalue weighted by atomic mass is 16.3. The number of rotatable bonds is 6. The Morgan fingerprint density at radius 2 is 2.04 bits per heavy atom. The first-order chi connectivity index (χ1) is 13.7. The molecule has 3 aromatic rings. The van der Waals surface area contributed by atoms with Gasteiger partial charge >= 0.3 is 0 Å². The lowest BCUT2D eigenvalue weighted by Gasteiger charge is -2.33. The SMILES string of the molecule is O=C(c1ccc2c(c1)ncn2CCO)N1CCCC(CCc2ccccc2)C1. The van der Waals surface area contributed by atoms with Gasteiger partial charge in [-0.25, -0.2) is 4.98 Å². The number of carbonyl (C=O) groups excluding carboxylic acids is 1. The zero-order chi connectivity index (χ0) is 19.3. The smallest absolute Gasteiger partial charge is 0.253 e. The van der Waals surface area contributed by atoms with Crippen molar-refractivity contribution in [2.75, 3.05) is 19.7 Å². The van der Waals surface area contributed by atoms with E-state index in [-0.39, 0.29) is 12.5 Å². The molecule has 28 heavy (non-hydrogen) atoms. The van der Waals surface area contributed by atoms with Crippen LogP contribution in [0, 0.1) is 5.92 Å². The second-order valence-corrected chi connectivity index (χ2v) is 7.65. The van der Waals surface area contributed by atoms with Gasteiger partial charge in [0.1, 0.15) is 0 Å². The van der Waals surface area contributed by atoms with E-state index in [2.05, 4.69) is 29.2 Å². The average Bonchev–Trinajstić information content (AvgIpc) is 3.15. The van der Waals surface area contributed by atoms with E-state index in [1.54, 1.807) is 6.33 Å². The van der Waals surface area contributed by atoms with Crippen molar-refractivity contribution in [2.24, 2.45) is 5.92 Å².